The van der Waals surface area contributed by atoms with Crippen LogP contribution in [0, 0.1) is 35.5 Å². The van der Waals surface area contributed by atoms with Crippen molar-refractivity contribution in [2.45, 2.75) is 278 Å². The molecule has 0 radical (unpaired) electrons. The number of alkyl halides is 10. The van der Waals surface area contributed by atoms with E-state index in [0.717, 1.165) is 29.4 Å². The Hall–Kier alpha value is -7.10. The number of carbonyl (C=O) groups is 12. The molecule has 1 spiro atoms. The zero-order valence-corrected chi connectivity index (χ0v) is 66.1. The van der Waals surface area contributed by atoms with Crippen LogP contribution in [0.2, 0.25) is 0 Å². The van der Waals surface area contributed by atoms with E-state index < -0.39 is 249 Å². The molecule has 4 heterocycles. The predicted molar refractivity (Wildman–Crippen MR) is 386 cm³/mol. The lowest BCUT2D eigenvalue weighted by atomic mass is 9.74. The molecule has 4 aliphatic heterocycles. The summed E-state index contributed by atoms with van der Waals surface area (Å²) in [5, 5.41) is 8.33. The molecule has 0 aromatic carbocycles. The van der Waals surface area contributed by atoms with Gasteiger partial charge in [0.25, 0.3) is 5.92 Å². The molecule has 12 amide bonds. The van der Waals surface area contributed by atoms with Crippen LogP contribution in [0.1, 0.15) is 188 Å². The maximum Gasteiger partial charge on any atom is 0.397 e. The molecule has 8 aliphatic rings. The van der Waals surface area contributed by atoms with E-state index in [-0.39, 0.29) is 96.8 Å². The van der Waals surface area contributed by atoms with E-state index in [1.807, 2.05) is 0 Å². The van der Waals surface area contributed by atoms with Gasteiger partial charge in [0.1, 0.15) is 72.1 Å². The van der Waals surface area contributed by atoms with Gasteiger partial charge in [-0.05, 0) is 139 Å². The first-order valence-corrected chi connectivity index (χ1v) is 39.8. The van der Waals surface area contributed by atoms with E-state index in [1.54, 1.807) is 25.7 Å². The van der Waals surface area contributed by atoms with E-state index in [2.05, 4.69) is 16.0 Å². The quantitative estimate of drug-likeness (QED) is 0.184. The molecule has 25 nitrogen and oxygen atoms in total. The fourth-order valence-corrected chi connectivity index (χ4v) is 18.2. The summed E-state index contributed by atoms with van der Waals surface area (Å²) in [4.78, 5) is 193. The van der Waals surface area contributed by atoms with Crippen LogP contribution < -0.4 is 16.0 Å². The summed E-state index contributed by atoms with van der Waals surface area (Å²) in [6, 6.07) is -12.4. The van der Waals surface area contributed by atoms with E-state index in [1.165, 1.54) is 71.1 Å². The smallest absolute Gasteiger partial charge is 0.347 e. The lowest BCUT2D eigenvalue weighted by Gasteiger charge is -2.46. The first-order chi connectivity index (χ1) is 51.9. The highest BCUT2D eigenvalue weighted by Gasteiger charge is 2.57. The first kappa shape index (κ1) is 89.5. The molecule has 35 heteroatoms. The fourth-order valence-electron chi connectivity index (χ4n) is 18.2. The minimum Gasteiger partial charge on any atom is -0.347 e. The highest BCUT2D eigenvalue weighted by molar-refractivity contribution is 6.01. The molecule has 12 atom stereocenters. The van der Waals surface area contributed by atoms with Crippen molar-refractivity contribution in [3.63, 3.8) is 0 Å². The number of nitrogens with one attached hydrogen (secondary N) is 3. The van der Waals surface area contributed by atoms with Gasteiger partial charge >= 0.3 is 12.4 Å². The van der Waals surface area contributed by atoms with Crippen molar-refractivity contribution in [1.82, 2.24) is 64.9 Å². The zero-order valence-electron chi connectivity index (χ0n) is 66.1. The minimum atomic E-state index is -5.25. The van der Waals surface area contributed by atoms with Crippen molar-refractivity contribution in [2.75, 3.05) is 95.6 Å². The van der Waals surface area contributed by atoms with Gasteiger partial charge in [-0.3, -0.25) is 62.4 Å². The van der Waals surface area contributed by atoms with Gasteiger partial charge in [0.15, 0.2) is 0 Å². The average Bonchev–Trinajstić information content (AvgIpc) is 1.73. The topological polar surface area (TPSA) is 273 Å². The summed E-state index contributed by atoms with van der Waals surface area (Å²) in [6.45, 7) is 2.65. The third-order valence-electron chi connectivity index (χ3n) is 25.6. The van der Waals surface area contributed by atoms with Crippen LogP contribution in [-0.2, 0) is 57.5 Å². The molecule has 4 aliphatic carbocycles. The van der Waals surface area contributed by atoms with Crippen molar-refractivity contribution < 1.29 is 101 Å². The Labute approximate surface area is 644 Å². The zero-order chi connectivity index (χ0) is 82.3. The Morgan fingerprint density at radius 1 is 0.577 bits per heavy atom. The molecule has 2 unspecified atom stereocenters. The average molecular weight is 1590 g/mol. The Morgan fingerprint density at radius 3 is 1.74 bits per heavy atom. The maximum absolute atomic E-state index is 15.8. The third-order valence-corrected chi connectivity index (χ3v) is 25.6. The van der Waals surface area contributed by atoms with Crippen LogP contribution in [0.25, 0.3) is 0 Å². The predicted octanol–water partition coefficient (Wildman–Crippen LogP) is 6.63. The number of hydrogen-bond acceptors (Lipinski definition) is 13. The number of nitrogens with zero attached hydrogens (tertiary/aromatic N) is 10. The van der Waals surface area contributed by atoms with Gasteiger partial charge in [-0.25, -0.2) is 17.6 Å². The number of carbonyl (C=O) groups excluding carboxylic acids is 12. The minimum absolute atomic E-state index is 0.00223. The number of piperidine rings is 1. The lowest BCUT2D eigenvalue weighted by molar-refractivity contribution is -0.219. The Morgan fingerprint density at radius 2 is 1.18 bits per heavy atom. The molecule has 0 aromatic heterocycles. The van der Waals surface area contributed by atoms with Crippen LogP contribution in [0.4, 0.5) is 43.9 Å². The van der Waals surface area contributed by atoms with E-state index in [0.29, 0.717) is 57.8 Å². The summed E-state index contributed by atoms with van der Waals surface area (Å²) < 4.78 is 146. The molecule has 628 valence electrons. The number of rotatable bonds is 11. The number of hydrogen-bond donors (Lipinski definition) is 3. The van der Waals surface area contributed by atoms with Crippen LogP contribution >= 0.6 is 0 Å². The van der Waals surface area contributed by atoms with E-state index in [9.17, 15) is 63.9 Å². The van der Waals surface area contributed by atoms with Crippen LogP contribution in [0.15, 0.2) is 0 Å². The summed E-state index contributed by atoms with van der Waals surface area (Å²) in [5.41, 5.74) is -1.77. The Bertz CT molecular complexity index is 3320. The molecule has 111 heavy (non-hydrogen) atoms. The van der Waals surface area contributed by atoms with Crippen molar-refractivity contribution in [3.8, 4) is 0 Å². The number of amides is 12. The highest BCUT2D eigenvalue weighted by atomic mass is 19.4. The molecule has 8 fully saturated rings. The van der Waals surface area contributed by atoms with Gasteiger partial charge in [0.2, 0.25) is 70.9 Å². The molecular weight excluding hydrogens is 1480 g/mol. The molecule has 4 saturated heterocycles. The first-order valence-electron chi connectivity index (χ1n) is 39.8. The van der Waals surface area contributed by atoms with Crippen LogP contribution in [0.5, 0.6) is 0 Å². The van der Waals surface area contributed by atoms with Gasteiger partial charge in [-0.2, -0.15) is 26.3 Å². The molecule has 3 N–H and O–H groups in total. The van der Waals surface area contributed by atoms with Crippen molar-refractivity contribution in [3.05, 3.63) is 0 Å². The van der Waals surface area contributed by atoms with Crippen molar-refractivity contribution in [1.29, 1.82) is 0 Å². The number of likely N-dealkylation sites (N-methyl/N-ethyl adjacent to an activating group) is 7. The normalized spacial score (nSPS) is 32.7. The van der Waals surface area contributed by atoms with Gasteiger partial charge in [-0.15, -0.1) is 0 Å². The summed E-state index contributed by atoms with van der Waals surface area (Å²) in [6.07, 6.45) is -16.6. The SMILES string of the molecule is CC[C@H](C)[C@@H]1NC(=O)[C@H](CC)N(C)C(=O)C[C@@H](C(=O)N(C)C)N(C)C(=O)[C@H](C2CCCC2)N(C)C(=O)C2(CCC2)NC(=O)[C@@H]2C[C@H](N3CCC(F)(F)CC3)CN2C(=O)[C@H](CCC2CC(F)C(C(F)(F)F)C(F)C2)NC(=O)CN(C)C(=O)[C@H](CC2CCC(C(F)(F)F)CC2)N2CCCCC[C@@H](C2=O)N(C)C(=O)CN(C)C1=O. The lowest BCUT2D eigenvalue weighted by Crippen LogP contribution is -2.68. The van der Waals surface area contributed by atoms with Gasteiger partial charge in [0.05, 0.1) is 25.4 Å². The van der Waals surface area contributed by atoms with Crippen molar-refractivity contribution >= 4 is 70.9 Å². The monoisotopic (exact) mass is 1590 g/mol. The number of fused-ring (bicyclic) bond motifs is 3. The maximum atomic E-state index is 15.8. The number of likely N-dealkylation sites (tertiary alicyclic amines) is 1. The summed E-state index contributed by atoms with van der Waals surface area (Å²) in [5.74, 6) is -20.4. The standard InChI is InChI=1S/C76H117F10N13O12/c1-12-44(3)62-70(109)92(7)43-60(102)94(9)54-22-15-14-18-33-98(69(54)108)57(38-45-23-26-48(27-24-45)75(81,82)83)68(107)91(6)42-58(100)87-52(28-25-46-36-50(77)61(51(78)37-46)76(84,85)86)66(105)99-41-49(97-34-31-74(79,80)32-35-97)39-55(99)65(104)89-73(29-19-30-73)72(111)96(11)63(47-20-16-17-21-47)71(110)95(10)56(67(106)90(4)5)40-59(101)93(8)53(13-2)64(103)88-62/h44-57,61-63H,12-43H2,1-11H3,(H,87,100)(H,88,103)(H,89,104)/t44-,45?,46?,48?,49-,50?,51?,52-,53-,54-,55-,56-,57-,61?,62-,63-/m0/s1. The summed E-state index contributed by atoms with van der Waals surface area (Å²) >= 11 is 0. The highest BCUT2D eigenvalue weighted by Crippen LogP contribution is 2.46. The second kappa shape index (κ2) is 37.5. The van der Waals surface area contributed by atoms with Gasteiger partial charge < -0.3 is 60.0 Å². The van der Waals surface area contributed by atoms with Crippen molar-refractivity contribution in [2.24, 2.45) is 35.5 Å². The van der Waals surface area contributed by atoms with Gasteiger partial charge in [0, 0.05) is 101 Å². The van der Waals surface area contributed by atoms with E-state index >= 15 is 37.5 Å². The largest absolute Gasteiger partial charge is 0.397 e. The molecule has 0 aromatic rings. The molecule has 4 saturated carbocycles. The fraction of sp³-hybridized carbons (Fsp3) is 0.842. The van der Waals surface area contributed by atoms with Crippen LogP contribution in [-0.4, -0.2) is 306 Å². The van der Waals surface area contributed by atoms with E-state index in [4.69, 9.17) is 0 Å². The molecule has 8 rings (SSSR count). The summed E-state index contributed by atoms with van der Waals surface area (Å²) in [7, 11) is 10.7. The second-order valence-corrected chi connectivity index (χ2v) is 33.3. The number of halogens is 10. The Kier molecular flexibility index (Phi) is 30.2. The molecular formula is C76H117F10N13O12. The second-order valence-electron chi connectivity index (χ2n) is 33.3. The van der Waals surface area contributed by atoms with Crippen LogP contribution in [0.3, 0.4) is 0 Å². The third kappa shape index (κ3) is 21.3. The Balaban J connectivity index is 1.21. The molecule has 2 bridgehead atoms. The van der Waals surface area contributed by atoms with Gasteiger partial charge in [-0.1, -0.05) is 52.9 Å².